The van der Waals surface area contributed by atoms with Gasteiger partial charge in [0.05, 0.1) is 16.9 Å². The summed E-state index contributed by atoms with van der Waals surface area (Å²) in [6.45, 7) is 0. The number of sulfone groups is 1. The standard InChI is InChI=1S/C12H16N4O2S2/c1-13-12-14-10(9-3-5-19-11(9)15-12)16(2)8-4-6-20(17,18)7-8/h3,5,8H,4,6-7H2,1-2H3,(H,13,14,15). The highest BCUT2D eigenvalue weighted by Gasteiger charge is 2.32. The number of nitrogens with zero attached hydrogens (tertiary/aromatic N) is 3. The molecule has 0 bridgehead atoms. The van der Waals surface area contributed by atoms with Gasteiger partial charge in [0.25, 0.3) is 0 Å². The molecule has 0 spiro atoms. The molecule has 1 N–H and O–H groups in total. The molecule has 6 nitrogen and oxygen atoms in total. The van der Waals surface area contributed by atoms with Crippen molar-refractivity contribution in [2.75, 3.05) is 35.8 Å². The molecule has 1 unspecified atom stereocenters. The summed E-state index contributed by atoms with van der Waals surface area (Å²) in [5.41, 5.74) is 0. The zero-order chi connectivity index (χ0) is 14.3. The van der Waals surface area contributed by atoms with Crippen LogP contribution in [0.3, 0.4) is 0 Å². The van der Waals surface area contributed by atoms with Gasteiger partial charge in [0, 0.05) is 20.1 Å². The minimum atomic E-state index is -2.90. The minimum Gasteiger partial charge on any atom is -0.357 e. The highest BCUT2D eigenvalue weighted by atomic mass is 32.2. The monoisotopic (exact) mass is 312 g/mol. The number of thiophene rings is 1. The van der Waals surface area contributed by atoms with Gasteiger partial charge in [-0.1, -0.05) is 0 Å². The van der Waals surface area contributed by atoms with Crippen molar-refractivity contribution < 1.29 is 8.42 Å². The van der Waals surface area contributed by atoms with Crippen molar-refractivity contribution in [3.8, 4) is 0 Å². The maximum absolute atomic E-state index is 11.6. The largest absolute Gasteiger partial charge is 0.357 e. The van der Waals surface area contributed by atoms with Crippen molar-refractivity contribution in [3.63, 3.8) is 0 Å². The second kappa shape index (κ2) is 4.85. The zero-order valence-corrected chi connectivity index (χ0v) is 13.0. The Morgan fingerprint density at radius 2 is 2.25 bits per heavy atom. The number of hydrogen-bond donors (Lipinski definition) is 1. The van der Waals surface area contributed by atoms with E-state index in [1.165, 1.54) is 0 Å². The summed E-state index contributed by atoms with van der Waals surface area (Å²) in [6, 6.07) is 1.97. The quantitative estimate of drug-likeness (QED) is 0.922. The van der Waals surface area contributed by atoms with E-state index in [9.17, 15) is 8.42 Å². The number of aromatic nitrogens is 2. The summed E-state index contributed by atoms with van der Waals surface area (Å²) in [5.74, 6) is 1.82. The Labute approximate surface area is 121 Å². The molecule has 0 saturated carbocycles. The average Bonchev–Trinajstić information content (AvgIpc) is 3.02. The molecule has 3 rings (SSSR count). The fourth-order valence-electron chi connectivity index (χ4n) is 2.47. The van der Waals surface area contributed by atoms with Crippen LogP contribution < -0.4 is 10.2 Å². The molecular weight excluding hydrogens is 296 g/mol. The van der Waals surface area contributed by atoms with Gasteiger partial charge >= 0.3 is 0 Å². The van der Waals surface area contributed by atoms with Crippen LogP contribution in [-0.2, 0) is 9.84 Å². The lowest BCUT2D eigenvalue weighted by Gasteiger charge is -2.25. The van der Waals surface area contributed by atoms with Gasteiger partial charge in [-0.25, -0.2) is 13.4 Å². The molecule has 2 aromatic rings. The molecule has 1 fully saturated rings. The van der Waals surface area contributed by atoms with Crippen LogP contribution in [0.2, 0.25) is 0 Å². The minimum absolute atomic E-state index is 0.0114. The third-order valence-corrected chi connectivity index (χ3v) is 6.18. The molecular formula is C12H16N4O2S2. The van der Waals surface area contributed by atoms with Crippen molar-refractivity contribution >= 4 is 43.2 Å². The molecule has 1 aliphatic rings. The molecule has 20 heavy (non-hydrogen) atoms. The van der Waals surface area contributed by atoms with Gasteiger partial charge in [0.15, 0.2) is 9.84 Å². The lowest BCUT2D eigenvalue weighted by atomic mass is 10.2. The number of hydrogen-bond acceptors (Lipinski definition) is 7. The van der Waals surface area contributed by atoms with E-state index < -0.39 is 9.84 Å². The van der Waals surface area contributed by atoms with Crippen LogP contribution in [0.5, 0.6) is 0 Å². The molecule has 3 heterocycles. The topological polar surface area (TPSA) is 75.2 Å². The molecule has 0 aromatic carbocycles. The van der Waals surface area contributed by atoms with Gasteiger partial charge in [0.2, 0.25) is 5.95 Å². The van der Waals surface area contributed by atoms with E-state index >= 15 is 0 Å². The van der Waals surface area contributed by atoms with E-state index in [1.54, 1.807) is 18.4 Å². The van der Waals surface area contributed by atoms with Crippen LogP contribution in [0.15, 0.2) is 11.4 Å². The molecule has 2 aromatic heterocycles. The first kappa shape index (κ1) is 13.6. The highest BCUT2D eigenvalue weighted by molar-refractivity contribution is 7.91. The van der Waals surface area contributed by atoms with Gasteiger partial charge in [0.1, 0.15) is 10.6 Å². The first-order valence-corrected chi connectivity index (χ1v) is 9.06. The highest BCUT2D eigenvalue weighted by Crippen LogP contribution is 2.31. The Balaban J connectivity index is 2.02. The van der Waals surface area contributed by atoms with Crippen molar-refractivity contribution in [1.82, 2.24) is 9.97 Å². The Bertz CT molecular complexity index is 741. The van der Waals surface area contributed by atoms with Crippen molar-refractivity contribution in [2.45, 2.75) is 12.5 Å². The first-order valence-electron chi connectivity index (χ1n) is 6.36. The third-order valence-electron chi connectivity index (χ3n) is 3.62. The summed E-state index contributed by atoms with van der Waals surface area (Å²) in [7, 11) is 0.781. The second-order valence-electron chi connectivity index (χ2n) is 4.93. The fourth-order valence-corrected chi connectivity index (χ4v) is 5.01. The summed E-state index contributed by atoms with van der Waals surface area (Å²) in [5, 5.41) is 5.90. The van der Waals surface area contributed by atoms with Gasteiger partial charge in [-0.2, -0.15) is 4.98 Å². The van der Waals surface area contributed by atoms with E-state index in [1.807, 2.05) is 23.4 Å². The van der Waals surface area contributed by atoms with E-state index in [0.717, 1.165) is 16.0 Å². The molecule has 1 atom stereocenters. The Morgan fingerprint density at radius 1 is 1.45 bits per heavy atom. The molecule has 0 aliphatic carbocycles. The molecule has 1 saturated heterocycles. The molecule has 108 valence electrons. The number of anilines is 2. The van der Waals surface area contributed by atoms with Crippen LogP contribution in [0, 0.1) is 0 Å². The fraction of sp³-hybridized carbons (Fsp3) is 0.500. The molecule has 8 heteroatoms. The summed E-state index contributed by atoms with van der Waals surface area (Å²) in [6.07, 6.45) is 0.656. The number of nitrogens with one attached hydrogen (secondary N) is 1. The summed E-state index contributed by atoms with van der Waals surface area (Å²) < 4.78 is 23.3. The van der Waals surface area contributed by atoms with Gasteiger partial charge < -0.3 is 10.2 Å². The van der Waals surface area contributed by atoms with E-state index in [-0.39, 0.29) is 17.5 Å². The van der Waals surface area contributed by atoms with E-state index in [0.29, 0.717) is 12.4 Å². The number of rotatable bonds is 3. The van der Waals surface area contributed by atoms with Gasteiger partial charge in [-0.3, -0.25) is 0 Å². The smallest absolute Gasteiger partial charge is 0.225 e. The van der Waals surface area contributed by atoms with Crippen LogP contribution >= 0.6 is 11.3 Å². The Morgan fingerprint density at radius 3 is 2.90 bits per heavy atom. The zero-order valence-electron chi connectivity index (χ0n) is 11.3. The maximum atomic E-state index is 11.6. The Hall–Kier alpha value is -1.41. The van der Waals surface area contributed by atoms with Crippen molar-refractivity contribution in [3.05, 3.63) is 11.4 Å². The van der Waals surface area contributed by atoms with E-state index in [4.69, 9.17) is 0 Å². The van der Waals surface area contributed by atoms with Crippen LogP contribution in [0.25, 0.3) is 10.2 Å². The second-order valence-corrected chi connectivity index (χ2v) is 8.05. The molecule has 1 aliphatic heterocycles. The van der Waals surface area contributed by atoms with Crippen LogP contribution in [-0.4, -0.2) is 50.0 Å². The number of fused-ring (bicyclic) bond motifs is 1. The van der Waals surface area contributed by atoms with Crippen LogP contribution in [0.4, 0.5) is 11.8 Å². The van der Waals surface area contributed by atoms with Crippen molar-refractivity contribution in [2.24, 2.45) is 0 Å². The lowest BCUT2D eigenvalue weighted by molar-refractivity contribution is 0.600. The summed E-state index contributed by atoms with van der Waals surface area (Å²) in [4.78, 5) is 11.8. The van der Waals surface area contributed by atoms with E-state index in [2.05, 4.69) is 15.3 Å². The van der Waals surface area contributed by atoms with Gasteiger partial charge in [-0.15, -0.1) is 11.3 Å². The van der Waals surface area contributed by atoms with Gasteiger partial charge in [-0.05, 0) is 17.9 Å². The Kier molecular flexibility index (Phi) is 3.29. The first-order chi connectivity index (χ1) is 9.50. The SMILES string of the molecule is CNc1nc(N(C)C2CCS(=O)(=O)C2)c2ccsc2n1. The van der Waals surface area contributed by atoms with Crippen molar-refractivity contribution in [1.29, 1.82) is 0 Å². The predicted octanol–water partition coefficient (Wildman–Crippen LogP) is 1.36. The maximum Gasteiger partial charge on any atom is 0.225 e. The lowest BCUT2D eigenvalue weighted by Crippen LogP contribution is -2.33. The molecule has 0 amide bonds. The average molecular weight is 312 g/mol. The predicted molar refractivity (Wildman–Crippen MR) is 82.4 cm³/mol. The summed E-state index contributed by atoms with van der Waals surface area (Å²) >= 11 is 1.55. The third kappa shape index (κ3) is 2.33. The normalized spacial score (nSPS) is 21.2. The van der Waals surface area contributed by atoms with Crippen LogP contribution in [0.1, 0.15) is 6.42 Å². The molecule has 0 radical (unpaired) electrons.